The molecule has 0 fully saturated rings. The molecule has 1 aliphatic heterocycles. The van der Waals surface area contributed by atoms with E-state index in [9.17, 15) is 0 Å². The maximum absolute atomic E-state index is 5.29. The number of benzene rings is 4. The van der Waals surface area contributed by atoms with E-state index in [4.69, 9.17) is 15.0 Å². The second-order valence-corrected chi connectivity index (χ2v) is 15.0. The molecule has 0 amide bonds. The van der Waals surface area contributed by atoms with Gasteiger partial charge in [0.05, 0.1) is 15.9 Å². The Bertz CT molecular complexity index is 1740. The van der Waals surface area contributed by atoms with Crippen molar-refractivity contribution in [2.75, 3.05) is 0 Å². The molecular weight excluding hydrogens is 475 g/mol. The zero-order valence-corrected chi connectivity index (χ0v) is 21.9. The first-order valence-corrected chi connectivity index (χ1v) is 16.0. The summed E-state index contributed by atoms with van der Waals surface area (Å²) in [5.41, 5.74) is 7.80. The Hall–Kier alpha value is -3.93. The van der Waals surface area contributed by atoms with Crippen molar-refractivity contribution in [3.63, 3.8) is 0 Å². The zero-order valence-electron chi connectivity index (χ0n) is 20.1. The topological polar surface area (TPSA) is 38.7 Å². The van der Waals surface area contributed by atoms with Gasteiger partial charge in [-0.25, -0.2) is 15.0 Å². The summed E-state index contributed by atoms with van der Waals surface area (Å²) in [6.45, 7) is 4.81. The van der Waals surface area contributed by atoms with Gasteiger partial charge in [0.1, 0.15) is 13.1 Å². The molecule has 0 unspecified atom stereocenters. The van der Waals surface area contributed by atoms with Crippen LogP contribution in [0.1, 0.15) is 0 Å². The predicted molar refractivity (Wildman–Crippen MR) is 154 cm³/mol. The summed E-state index contributed by atoms with van der Waals surface area (Å²) in [7, 11) is -1.97. The molecule has 2 aromatic heterocycles. The number of hydrogen-bond acceptors (Lipinski definition) is 4. The fraction of sp³-hybridized carbons (Fsp3) is 0.0645. The van der Waals surface area contributed by atoms with Gasteiger partial charge in [-0.15, -0.1) is 11.3 Å². The average molecular weight is 498 g/mol. The molecule has 0 saturated carbocycles. The monoisotopic (exact) mass is 497 g/mol. The highest BCUT2D eigenvalue weighted by molar-refractivity contribution is 7.21. The Morgan fingerprint density at radius 2 is 1.36 bits per heavy atom. The summed E-state index contributed by atoms with van der Waals surface area (Å²) >= 11 is 1.72. The maximum Gasteiger partial charge on any atom is 0.159 e. The highest BCUT2D eigenvalue weighted by atomic mass is 32.1. The van der Waals surface area contributed by atoms with Gasteiger partial charge in [0.15, 0.2) is 5.82 Å². The van der Waals surface area contributed by atoms with Crippen LogP contribution in [0.2, 0.25) is 13.1 Å². The number of fused-ring (bicyclic) bond motifs is 4. The van der Waals surface area contributed by atoms with Crippen LogP contribution in [0.4, 0.5) is 0 Å². The van der Waals surface area contributed by atoms with Crippen LogP contribution in [0.25, 0.3) is 54.6 Å². The number of para-hydroxylation sites is 1. The van der Waals surface area contributed by atoms with Gasteiger partial charge >= 0.3 is 0 Å². The molecule has 0 N–H and O–H groups in total. The van der Waals surface area contributed by atoms with Crippen molar-refractivity contribution in [2.24, 2.45) is 0 Å². The van der Waals surface area contributed by atoms with Crippen LogP contribution in [-0.2, 0) is 0 Å². The van der Waals surface area contributed by atoms with Crippen molar-refractivity contribution in [1.29, 1.82) is 0 Å². The fourth-order valence-corrected chi connectivity index (χ4v) is 9.14. The molecule has 4 aromatic carbocycles. The molecule has 0 radical (unpaired) electrons. The van der Waals surface area contributed by atoms with Crippen molar-refractivity contribution < 1.29 is 0 Å². The van der Waals surface area contributed by atoms with E-state index in [2.05, 4.69) is 110 Å². The van der Waals surface area contributed by atoms with Gasteiger partial charge in [-0.2, -0.15) is 0 Å². The minimum absolute atomic E-state index is 0.781. The Morgan fingerprint density at radius 3 is 2.22 bits per heavy atom. The molecule has 0 bridgehead atoms. The van der Waals surface area contributed by atoms with Crippen molar-refractivity contribution in [3.05, 3.63) is 103 Å². The van der Waals surface area contributed by atoms with Crippen LogP contribution in [0, 0.1) is 0 Å². The maximum atomic E-state index is 5.29. The molecule has 0 aliphatic carbocycles. The van der Waals surface area contributed by atoms with Crippen LogP contribution < -0.4 is 10.5 Å². The number of aromatic nitrogens is 3. The number of nitrogens with zero attached hydrogens (tertiary/aromatic N) is 3. The third kappa shape index (κ3) is 3.28. The third-order valence-electron chi connectivity index (χ3n) is 7.08. The summed E-state index contributed by atoms with van der Waals surface area (Å²) in [5.74, 6) is 0.781. The van der Waals surface area contributed by atoms with Crippen molar-refractivity contribution in [1.82, 2.24) is 15.0 Å². The Balaban J connectivity index is 1.44. The van der Waals surface area contributed by atoms with Gasteiger partial charge in [0.2, 0.25) is 0 Å². The summed E-state index contributed by atoms with van der Waals surface area (Å²) < 4.78 is 1.20. The summed E-state index contributed by atoms with van der Waals surface area (Å²) in [5, 5.41) is 3.68. The third-order valence-corrected chi connectivity index (χ3v) is 11.5. The lowest BCUT2D eigenvalue weighted by molar-refractivity contribution is 1.21. The van der Waals surface area contributed by atoms with Crippen molar-refractivity contribution >= 4 is 40.1 Å². The molecule has 0 spiro atoms. The number of rotatable bonds is 3. The molecule has 0 atom stereocenters. The van der Waals surface area contributed by atoms with E-state index in [0.717, 1.165) is 38.7 Å². The molecule has 3 heterocycles. The molecular formula is C31H23N3SSi. The van der Waals surface area contributed by atoms with Gasteiger partial charge in [-0.05, 0) is 28.9 Å². The summed E-state index contributed by atoms with van der Waals surface area (Å²) in [4.78, 5) is 15.4. The lowest BCUT2D eigenvalue weighted by Crippen LogP contribution is -2.50. The number of thiazole rings is 1. The molecule has 5 heteroatoms. The minimum atomic E-state index is -1.97. The van der Waals surface area contributed by atoms with E-state index in [-0.39, 0.29) is 0 Å². The Labute approximate surface area is 215 Å². The molecule has 6 aromatic rings. The highest BCUT2D eigenvalue weighted by Crippen LogP contribution is 2.37. The van der Waals surface area contributed by atoms with E-state index < -0.39 is 8.07 Å². The van der Waals surface area contributed by atoms with Crippen LogP contribution in [-0.4, -0.2) is 23.0 Å². The molecule has 36 heavy (non-hydrogen) atoms. The van der Waals surface area contributed by atoms with Crippen LogP contribution in [0.5, 0.6) is 0 Å². The van der Waals surface area contributed by atoms with Gasteiger partial charge in [0.25, 0.3) is 0 Å². The lowest BCUT2D eigenvalue weighted by Gasteiger charge is -2.19. The first kappa shape index (κ1) is 21.4. The number of hydrogen-bond donors (Lipinski definition) is 0. The molecule has 7 rings (SSSR count). The Morgan fingerprint density at radius 1 is 0.639 bits per heavy atom. The average Bonchev–Trinajstić information content (AvgIpc) is 3.46. The van der Waals surface area contributed by atoms with E-state index >= 15 is 0 Å². The fourth-order valence-electron chi connectivity index (χ4n) is 5.26. The predicted octanol–water partition coefficient (Wildman–Crippen LogP) is 6.89. The second-order valence-electron chi connectivity index (χ2n) is 9.72. The smallest absolute Gasteiger partial charge is 0.159 e. The largest absolute Gasteiger partial charge is 0.237 e. The zero-order chi connectivity index (χ0) is 24.3. The summed E-state index contributed by atoms with van der Waals surface area (Å²) in [6.07, 6.45) is 0. The first-order chi connectivity index (χ1) is 17.6. The van der Waals surface area contributed by atoms with Crippen molar-refractivity contribution in [3.8, 4) is 44.3 Å². The minimum Gasteiger partial charge on any atom is -0.237 e. The highest BCUT2D eigenvalue weighted by Gasteiger charge is 2.41. The standard InChI is InChI=1S/C31H23N3SSi/c1-36(2)26-18-9-6-15-23(26)27-28(20-11-4-3-5-12-20)33-29(34-31(27)36)21-13-10-14-22(19-21)30-32-24-16-7-8-17-25(24)35-30/h3-19H,1-2H3. The van der Waals surface area contributed by atoms with Gasteiger partial charge < -0.3 is 0 Å². The van der Waals surface area contributed by atoms with E-state index in [0.29, 0.717) is 0 Å². The summed E-state index contributed by atoms with van der Waals surface area (Å²) in [6, 6.07) is 36.1. The van der Waals surface area contributed by atoms with Crippen LogP contribution in [0.3, 0.4) is 0 Å². The second kappa shape index (κ2) is 8.05. The quantitative estimate of drug-likeness (QED) is 0.250. The van der Waals surface area contributed by atoms with E-state index in [1.54, 1.807) is 11.3 Å². The van der Waals surface area contributed by atoms with Crippen LogP contribution >= 0.6 is 11.3 Å². The molecule has 0 saturated heterocycles. The Kier molecular flexibility index (Phi) is 4.78. The van der Waals surface area contributed by atoms with Gasteiger partial charge in [-0.1, -0.05) is 98.0 Å². The van der Waals surface area contributed by atoms with Crippen LogP contribution in [0.15, 0.2) is 103 Å². The first-order valence-electron chi connectivity index (χ1n) is 12.1. The molecule has 172 valence electrons. The molecule has 3 nitrogen and oxygen atoms in total. The van der Waals surface area contributed by atoms with E-state index in [1.165, 1.54) is 26.3 Å². The van der Waals surface area contributed by atoms with Gasteiger partial charge in [-0.3, -0.25) is 0 Å². The van der Waals surface area contributed by atoms with E-state index in [1.807, 2.05) is 6.07 Å². The van der Waals surface area contributed by atoms with Crippen molar-refractivity contribution in [2.45, 2.75) is 13.1 Å². The SMILES string of the molecule is C[Si]1(C)c2ccccc2-c2c(-c3ccccc3)nc(-c3cccc(-c4nc5ccccc5s4)c3)nc21. The lowest BCUT2D eigenvalue weighted by atomic mass is 10.0. The van der Waals surface area contributed by atoms with Gasteiger partial charge in [0, 0.05) is 27.6 Å². The normalized spacial score (nSPS) is 13.5. The molecule has 1 aliphatic rings.